The van der Waals surface area contributed by atoms with Crippen LogP contribution in [0.1, 0.15) is 60.4 Å². The third-order valence-corrected chi connectivity index (χ3v) is 8.40. The minimum Gasteiger partial charge on any atom is -0.378 e. The van der Waals surface area contributed by atoms with E-state index < -0.39 is 5.91 Å². The standard InChI is InChI=1S/C29H41N9O4/c1-19(2)20-9-12-37(13-10-20)29(41)32-23-4-3-11-38(18-23)28-33-26(24(25(30)39)34-35-28)31-22-7-5-21(6-8-22)27(40)36-14-16-42-17-15-36/h5-8,19-20,23H,3-4,9-18H2,1-2H3,(H2,30,39)(H,32,41)(H,31,33,35)/t23-/m0/s1. The van der Waals surface area contributed by atoms with Crippen LogP contribution in [0.5, 0.6) is 0 Å². The van der Waals surface area contributed by atoms with E-state index in [1.54, 1.807) is 29.2 Å². The maximum absolute atomic E-state index is 13.0. The Hall–Kier alpha value is -4.00. The molecular weight excluding hydrogens is 538 g/mol. The Morgan fingerprint density at radius 1 is 0.952 bits per heavy atom. The normalized spacial score (nSPS) is 20.0. The Balaban J connectivity index is 1.23. The van der Waals surface area contributed by atoms with Crippen LogP contribution in [0.15, 0.2) is 24.3 Å². The van der Waals surface area contributed by atoms with Crippen LogP contribution in [0.25, 0.3) is 0 Å². The second-order valence-electron chi connectivity index (χ2n) is 11.6. The van der Waals surface area contributed by atoms with Crippen LogP contribution in [0.2, 0.25) is 0 Å². The number of nitrogens with zero attached hydrogens (tertiary/aromatic N) is 6. The molecule has 0 radical (unpaired) electrons. The third-order valence-electron chi connectivity index (χ3n) is 8.40. The van der Waals surface area contributed by atoms with Crippen molar-refractivity contribution in [3.05, 3.63) is 35.5 Å². The van der Waals surface area contributed by atoms with Crippen molar-refractivity contribution in [3.63, 3.8) is 0 Å². The minimum absolute atomic E-state index is 0.0231. The highest BCUT2D eigenvalue weighted by Crippen LogP contribution is 2.25. The van der Waals surface area contributed by atoms with Crippen molar-refractivity contribution in [2.24, 2.45) is 17.6 Å². The van der Waals surface area contributed by atoms with E-state index in [9.17, 15) is 14.4 Å². The van der Waals surface area contributed by atoms with Crippen molar-refractivity contribution in [2.75, 3.05) is 62.7 Å². The lowest BCUT2D eigenvalue weighted by Crippen LogP contribution is -2.53. The molecule has 2 aromatic rings. The van der Waals surface area contributed by atoms with Gasteiger partial charge in [0.15, 0.2) is 11.5 Å². The molecule has 0 unspecified atom stereocenters. The average molecular weight is 580 g/mol. The highest BCUT2D eigenvalue weighted by Gasteiger charge is 2.29. The number of likely N-dealkylation sites (tertiary alicyclic amines) is 1. The Kier molecular flexibility index (Phi) is 9.35. The number of carbonyl (C=O) groups excluding carboxylic acids is 3. The number of nitrogens with one attached hydrogen (secondary N) is 2. The smallest absolute Gasteiger partial charge is 0.317 e. The number of hydrogen-bond acceptors (Lipinski definition) is 9. The fourth-order valence-electron chi connectivity index (χ4n) is 5.80. The van der Waals surface area contributed by atoms with E-state index in [-0.39, 0.29) is 29.5 Å². The van der Waals surface area contributed by atoms with Crippen LogP contribution < -0.4 is 21.3 Å². The molecule has 0 bridgehead atoms. The molecule has 0 spiro atoms. The SMILES string of the molecule is CC(C)C1CCN(C(=O)N[C@H]2CCCN(c3nnc(C(N)=O)c(Nc4ccc(C(=O)N5CCOCC5)cc4)n3)C2)CC1. The summed E-state index contributed by atoms with van der Waals surface area (Å²) in [5.41, 5.74) is 6.66. The van der Waals surface area contributed by atoms with Gasteiger partial charge in [0, 0.05) is 56.6 Å². The Morgan fingerprint density at radius 3 is 2.33 bits per heavy atom. The summed E-state index contributed by atoms with van der Waals surface area (Å²) in [7, 11) is 0. The maximum atomic E-state index is 13.0. The van der Waals surface area contributed by atoms with E-state index in [0.29, 0.717) is 68.4 Å². The van der Waals surface area contributed by atoms with E-state index in [1.807, 2.05) is 9.80 Å². The first-order chi connectivity index (χ1) is 20.3. The average Bonchev–Trinajstić information content (AvgIpc) is 3.01. The molecule has 42 heavy (non-hydrogen) atoms. The molecular formula is C29H41N9O4. The number of amides is 4. The van der Waals surface area contributed by atoms with E-state index in [0.717, 1.165) is 38.8 Å². The Bertz CT molecular complexity index is 1260. The number of rotatable bonds is 7. The summed E-state index contributed by atoms with van der Waals surface area (Å²) in [6.07, 6.45) is 3.79. The molecule has 3 aliphatic heterocycles. The van der Waals surface area contributed by atoms with Gasteiger partial charge >= 0.3 is 6.03 Å². The first-order valence-electron chi connectivity index (χ1n) is 14.9. The summed E-state index contributed by atoms with van der Waals surface area (Å²) < 4.78 is 5.33. The molecule has 3 saturated heterocycles. The lowest BCUT2D eigenvalue weighted by Gasteiger charge is -2.37. The lowest BCUT2D eigenvalue weighted by molar-refractivity contribution is 0.0303. The molecule has 4 heterocycles. The van der Waals surface area contributed by atoms with Gasteiger partial charge in [0.2, 0.25) is 5.95 Å². The predicted octanol–water partition coefficient (Wildman–Crippen LogP) is 2.23. The zero-order chi connectivity index (χ0) is 29.6. The molecule has 226 valence electrons. The topological polar surface area (TPSA) is 159 Å². The number of urea groups is 1. The van der Waals surface area contributed by atoms with Crippen molar-refractivity contribution in [2.45, 2.75) is 45.6 Å². The number of benzene rings is 1. The third kappa shape index (κ3) is 7.07. The van der Waals surface area contributed by atoms with Crippen molar-refractivity contribution in [1.82, 2.24) is 30.3 Å². The number of hydrogen-bond donors (Lipinski definition) is 3. The van der Waals surface area contributed by atoms with Gasteiger partial charge in [-0.25, -0.2) is 4.79 Å². The summed E-state index contributed by atoms with van der Waals surface area (Å²) >= 11 is 0. The first-order valence-corrected chi connectivity index (χ1v) is 14.9. The van der Waals surface area contributed by atoms with E-state index in [2.05, 4.69) is 39.7 Å². The van der Waals surface area contributed by atoms with Gasteiger partial charge in [-0.2, -0.15) is 4.98 Å². The highest BCUT2D eigenvalue weighted by atomic mass is 16.5. The number of nitrogens with two attached hydrogens (primary N) is 1. The van der Waals surface area contributed by atoms with Gasteiger partial charge in [-0.05, 0) is 61.8 Å². The van der Waals surface area contributed by atoms with E-state index in [4.69, 9.17) is 10.5 Å². The van der Waals surface area contributed by atoms with Crippen molar-refractivity contribution in [1.29, 1.82) is 0 Å². The molecule has 0 aliphatic carbocycles. The molecule has 1 atom stereocenters. The number of morpholine rings is 1. The monoisotopic (exact) mass is 579 g/mol. The fourth-order valence-corrected chi connectivity index (χ4v) is 5.80. The van der Waals surface area contributed by atoms with Crippen LogP contribution in [-0.4, -0.2) is 101 Å². The summed E-state index contributed by atoms with van der Waals surface area (Å²) in [4.78, 5) is 48.1. The van der Waals surface area contributed by atoms with Crippen LogP contribution >= 0.6 is 0 Å². The second kappa shape index (κ2) is 13.3. The number of anilines is 3. The van der Waals surface area contributed by atoms with E-state index in [1.165, 1.54) is 0 Å². The molecule has 13 heteroatoms. The number of ether oxygens (including phenoxy) is 1. The largest absolute Gasteiger partial charge is 0.378 e. The summed E-state index contributed by atoms with van der Waals surface area (Å²) in [6, 6.07) is 6.87. The van der Waals surface area contributed by atoms with Crippen LogP contribution in [-0.2, 0) is 4.74 Å². The van der Waals surface area contributed by atoms with Crippen LogP contribution in [0.4, 0.5) is 22.2 Å². The number of primary amides is 1. The molecule has 1 aromatic carbocycles. The number of carbonyl (C=O) groups is 3. The highest BCUT2D eigenvalue weighted by molar-refractivity contribution is 5.97. The quantitative estimate of drug-likeness (QED) is 0.447. The minimum atomic E-state index is -0.756. The molecule has 4 amide bonds. The molecule has 1 aromatic heterocycles. The van der Waals surface area contributed by atoms with Gasteiger partial charge < -0.3 is 35.8 Å². The fraction of sp³-hybridized carbons (Fsp3) is 0.586. The summed E-state index contributed by atoms with van der Waals surface area (Å²) in [5, 5.41) is 14.6. The molecule has 0 saturated carbocycles. The van der Waals surface area contributed by atoms with Crippen molar-refractivity contribution >= 4 is 35.3 Å². The molecule has 4 N–H and O–H groups in total. The van der Waals surface area contributed by atoms with Crippen molar-refractivity contribution < 1.29 is 19.1 Å². The van der Waals surface area contributed by atoms with Crippen LogP contribution in [0, 0.1) is 11.8 Å². The Labute approximate surface area is 246 Å². The van der Waals surface area contributed by atoms with Crippen LogP contribution in [0.3, 0.4) is 0 Å². The van der Waals surface area contributed by atoms with E-state index >= 15 is 0 Å². The molecule has 13 nitrogen and oxygen atoms in total. The number of piperidine rings is 2. The van der Waals surface area contributed by atoms with Gasteiger partial charge in [-0.1, -0.05) is 13.8 Å². The van der Waals surface area contributed by atoms with Gasteiger partial charge in [0.1, 0.15) is 0 Å². The maximum Gasteiger partial charge on any atom is 0.317 e. The Morgan fingerprint density at radius 2 is 1.67 bits per heavy atom. The predicted molar refractivity (Wildman–Crippen MR) is 158 cm³/mol. The molecule has 3 aliphatic rings. The van der Waals surface area contributed by atoms with Gasteiger partial charge in [-0.3, -0.25) is 9.59 Å². The molecule has 3 fully saturated rings. The molecule has 5 rings (SSSR count). The first kappa shape index (κ1) is 29.5. The summed E-state index contributed by atoms with van der Waals surface area (Å²) in [5.74, 6) is 1.02. The number of aromatic nitrogens is 3. The van der Waals surface area contributed by atoms with Crippen molar-refractivity contribution in [3.8, 4) is 0 Å². The lowest BCUT2D eigenvalue weighted by atomic mass is 9.87. The van der Waals surface area contributed by atoms with Gasteiger partial charge in [-0.15, -0.1) is 10.2 Å². The van der Waals surface area contributed by atoms with Gasteiger partial charge in [0.05, 0.1) is 13.2 Å². The zero-order valence-electron chi connectivity index (χ0n) is 24.4. The van der Waals surface area contributed by atoms with Gasteiger partial charge in [0.25, 0.3) is 11.8 Å². The second-order valence-corrected chi connectivity index (χ2v) is 11.6. The summed E-state index contributed by atoms with van der Waals surface area (Å²) in [6.45, 7) is 9.48. The zero-order valence-corrected chi connectivity index (χ0v) is 24.4.